The smallest absolute Gasteiger partial charge is 0.161 e. The van der Waals surface area contributed by atoms with Gasteiger partial charge in [-0.05, 0) is 42.5 Å². The molecular weight excluding hydrogens is 274 g/mol. The minimum atomic E-state index is -0.708. The summed E-state index contributed by atoms with van der Waals surface area (Å²) in [5.74, 6) is 0.111. The van der Waals surface area contributed by atoms with E-state index in [9.17, 15) is 8.78 Å². The average molecular weight is 294 g/mol. The third-order valence-electron chi connectivity index (χ3n) is 3.54. The third-order valence-corrected chi connectivity index (χ3v) is 5.08. The first-order valence-corrected chi connectivity index (χ1v) is 8.32. The predicted molar refractivity (Wildman–Crippen MR) is 78.3 cm³/mol. The molecule has 1 nitrogen and oxygen atoms in total. The van der Waals surface area contributed by atoms with E-state index >= 15 is 0 Å². The van der Waals surface area contributed by atoms with Crippen molar-refractivity contribution >= 4 is 14.7 Å². The van der Waals surface area contributed by atoms with E-state index in [0.717, 1.165) is 31.1 Å². The van der Waals surface area contributed by atoms with Crippen molar-refractivity contribution < 1.29 is 13.5 Å². The van der Waals surface area contributed by atoms with Gasteiger partial charge in [0, 0.05) is 6.42 Å². The number of hydrogen-bond donors (Lipinski definition) is 0. The zero-order valence-electron chi connectivity index (χ0n) is 12.0. The molecule has 1 aromatic rings. The van der Waals surface area contributed by atoms with Crippen molar-refractivity contribution in [3.63, 3.8) is 0 Å². The van der Waals surface area contributed by atoms with Gasteiger partial charge in [-0.1, -0.05) is 25.1 Å². The number of hydrogen-bond acceptors (Lipinski definition) is 1. The lowest BCUT2D eigenvalue weighted by Crippen LogP contribution is -2.25. The molecule has 0 bridgehead atoms. The molecule has 1 unspecified atom stereocenters. The van der Waals surface area contributed by atoms with Gasteiger partial charge in [0.1, 0.15) is 0 Å². The van der Waals surface area contributed by atoms with Gasteiger partial charge in [0.05, 0.1) is 21.9 Å². The van der Waals surface area contributed by atoms with Gasteiger partial charge >= 0.3 is 0 Å². The van der Waals surface area contributed by atoms with Gasteiger partial charge in [0.15, 0.2) is 11.6 Å². The van der Waals surface area contributed by atoms with Gasteiger partial charge in [-0.3, -0.25) is 0 Å². The first kappa shape index (κ1) is 15.2. The Morgan fingerprint density at radius 1 is 1.30 bits per heavy atom. The van der Waals surface area contributed by atoms with Gasteiger partial charge in [0.25, 0.3) is 0 Å². The summed E-state index contributed by atoms with van der Waals surface area (Å²) in [7, 11) is 0.296. The van der Waals surface area contributed by atoms with Crippen LogP contribution in [0.1, 0.15) is 31.7 Å². The first-order valence-electron chi connectivity index (χ1n) is 7.12. The highest BCUT2D eigenvalue weighted by atomic mass is 28.2. The van der Waals surface area contributed by atoms with E-state index in [1.54, 1.807) is 19.1 Å². The van der Waals surface area contributed by atoms with Crippen LogP contribution in [0.3, 0.4) is 0 Å². The van der Waals surface area contributed by atoms with Gasteiger partial charge in [-0.2, -0.15) is 0 Å². The molecule has 20 heavy (non-hydrogen) atoms. The molecule has 1 heterocycles. The fraction of sp³-hybridized carbons (Fsp3) is 0.500. The van der Waals surface area contributed by atoms with Crippen LogP contribution in [0, 0.1) is 24.5 Å². The Kier molecular flexibility index (Phi) is 5.35. The van der Waals surface area contributed by atoms with E-state index in [0.29, 0.717) is 32.8 Å². The fourth-order valence-corrected chi connectivity index (χ4v) is 3.51. The number of ether oxygens (including phenoxy) is 1. The standard InChI is InChI=1S/C16H20F2OSi/c1-3-4-13-7-6-12(9-19-13)10-20-14-8-5-11(2)15(17)16(14)18/h5,7-8,12H,3-4,6,9-10H2,1-2H3. The van der Waals surface area contributed by atoms with Gasteiger partial charge < -0.3 is 4.74 Å². The van der Waals surface area contributed by atoms with Crippen molar-refractivity contribution in [3.8, 4) is 0 Å². The van der Waals surface area contributed by atoms with Crippen LogP contribution in [0.2, 0.25) is 6.04 Å². The summed E-state index contributed by atoms with van der Waals surface area (Å²) in [6.07, 6.45) is 5.21. The molecule has 0 N–H and O–H groups in total. The third kappa shape index (κ3) is 3.69. The van der Waals surface area contributed by atoms with E-state index in [4.69, 9.17) is 4.74 Å². The Balaban J connectivity index is 1.89. The maximum absolute atomic E-state index is 13.8. The molecule has 0 fully saturated rings. The molecule has 1 atom stereocenters. The summed E-state index contributed by atoms with van der Waals surface area (Å²) in [4.78, 5) is 0. The zero-order chi connectivity index (χ0) is 14.5. The highest BCUT2D eigenvalue weighted by Gasteiger charge is 2.17. The Morgan fingerprint density at radius 3 is 2.75 bits per heavy atom. The van der Waals surface area contributed by atoms with E-state index in [2.05, 4.69) is 13.0 Å². The van der Waals surface area contributed by atoms with Crippen LogP contribution < -0.4 is 5.19 Å². The minimum absolute atomic E-state index is 0.296. The first-order chi connectivity index (χ1) is 9.61. The molecular formula is C16H20F2OSi. The summed E-state index contributed by atoms with van der Waals surface area (Å²) in [5, 5.41) is 0.497. The van der Waals surface area contributed by atoms with Crippen LogP contribution in [0.15, 0.2) is 24.0 Å². The summed E-state index contributed by atoms with van der Waals surface area (Å²) >= 11 is 0. The zero-order valence-corrected chi connectivity index (χ0v) is 13.0. The van der Waals surface area contributed by atoms with Crippen LogP contribution >= 0.6 is 0 Å². The number of allylic oxidation sites excluding steroid dienone is 2. The van der Waals surface area contributed by atoms with E-state index in [-0.39, 0.29) is 0 Å². The molecule has 1 aliphatic heterocycles. The molecule has 2 rings (SSSR count). The maximum atomic E-state index is 13.8. The predicted octanol–water partition coefficient (Wildman–Crippen LogP) is 3.74. The quantitative estimate of drug-likeness (QED) is 0.752. The summed E-state index contributed by atoms with van der Waals surface area (Å²) in [6, 6.07) is 4.21. The normalized spacial score (nSPS) is 18.6. The topological polar surface area (TPSA) is 9.23 Å². The molecule has 0 spiro atoms. The van der Waals surface area contributed by atoms with E-state index < -0.39 is 11.6 Å². The number of benzene rings is 1. The molecule has 4 heteroatoms. The van der Waals surface area contributed by atoms with Crippen molar-refractivity contribution in [3.05, 3.63) is 41.2 Å². The van der Waals surface area contributed by atoms with Crippen molar-refractivity contribution in [2.45, 2.75) is 39.2 Å². The Labute approximate surface area is 121 Å². The average Bonchev–Trinajstić information content (AvgIpc) is 2.46. The molecule has 1 aromatic carbocycles. The van der Waals surface area contributed by atoms with Crippen molar-refractivity contribution in [1.29, 1.82) is 0 Å². The SMILES string of the molecule is CCCC1=CCC(C[Si]c2ccc(C)c(F)c2F)CO1. The Morgan fingerprint density at radius 2 is 2.10 bits per heavy atom. The fourth-order valence-electron chi connectivity index (χ4n) is 2.25. The monoisotopic (exact) mass is 294 g/mol. The maximum Gasteiger partial charge on any atom is 0.161 e. The Hall–Kier alpha value is -1.16. The number of halogens is 2. The largest absolute Gasteiger partial charge is 0.498 e. The van der Waals surface area contributed by atoms with Crippen LogP contribution in [0.4, 0.5) is 8.78 Å². The highest BCUT2D eigenvalue weighted by molar-refractivity contribution is 6.53. The van der Waals surface area contributed by atoms with E-state index in [1.165, 1.54) is 0 Å². The molecule has 0 saturated heterocycles. The minimum Gasteiger partial charge on any atom is -0.498 e. The number of rotatable bonds is 5. The van der Waals surface area contributed by atoms with Crippen molar-refractivity contribution in [2.24, 2.45) is 5.92 Å². The highest BCUT2D eigenvalue weighted by Crippen LogP contribution is 2.22. The van der Waals surface area contributed by atoms with Crippen LogP contribution in [-0.2, 0) is 4.74 Å². The molecule has 2 radical (unpaired) electrons. The molecule has 0 aromatic heterocycles. The lowest BCUT2D eigenvalue weighted by Gasteiger charge is -2.22. The molecule has 0 amide bonds. The second kappa shape index (κ2) is 7.02. The molecule has 108 valence electrons. The lowest BCUT2D eigenvalue weighted by atomic mass is 10.1. The summed E-state index contributed by atoms with van der Waals surface area (Å²) < 4.78 is 32.9. The van der Waals surface area contributed by atoms with Gasteiger partial charge in [-0.25, -0.2) is 8.78 Å². The van der Waals surface area contributed by atoms with E-state index in [1.807, 2.05) is 0 Å². The van der Waals surface area contributed by atoms with Crippen molar-refractivity contribution in [1.82, 2.24) is 0 Å². The lowest BCUT2D eigenvalue weighted by molar-refractivity contribution is 0.146. The molecule has 0 aliphatic carbocycles. The second-order valence-electron chi connectivity index (χ2n) is 5.27. The van der Waals surface area contributed by atoms with Crippen LogP contribution in [0.5, 0.6) is 0 Å². The summed E-state index contributed by atoms with van der Waals surface area (Å²) in [5.41, 5.74) is 0.365. The summed E-state index contributed by atoms with van der Waals surface area (Å²) in [6.45, 7) is 4.42. The second-order valence-corrected chi connectivity index (χ2v) is 6.57. The van der Waals surface area contributed by atoms with Gasteiger partial charge in [-0.15, -0.1) is 0 Å². The Bertz CT molecular complexity index is 499. The van der Waals surface area contributed by atoms with Gasteiger partial charge in [0.2, 0.25) is 0 Å². The molecule has 0 saturated carbocycles. The van der Waals surface area contributed by atoms with Crippen LogP contribution in [-0.4, -0.2) is 16.1 Å². The molecule has 1 aliphatic rings. The number of aryl methyl sites for hydroxylation is 1. The van der Waals surface area contributed by atoms with Crippen molar-refractivity contribution in [2.75, 3.05) is 6.61 Å². The van der Waals surface area contributed by atoms with Crippen LogP contribution in [0.25, 0.3) is 0 Å².